The first kappa shape index (κ1) is 15.9. The molecule has 0 heterocycles. The maximum Gasteiger partial charge on any atom is 0.245 e. The lowest BCUT2D eigenvalue weighted by Crippen LogP contribution is -2.31. The van der Waals surface area contributed by atoms with Gasteiger partial charge in [0.05, 0.1) is 10.6 Å². The lowest BCUT2D eigenvalue weighted by molar-refractivity contribution is 0.445. The SMILES string of the molecule is CCN(CC)S(=O)(=O)c1cc(S(C)(=O)=O)ccc1N. The molecular weight excluding hydrogens is 288 g/mol. The van der Waals surface area contributed by atoms with Crippen molar-refractivity contribution in [3.05, 3.63) is 18.2 Å². The van der Waals surface area contributed by atoms with Crippen LogP contribution in [0.2, 0.25) is 0 Å². The van der Waals surface area contributed by atoms with Gasteiger partial charge in [-0.2, -0.15) is 4.31 Å². The number of hydrogen-bond donors (Lipinski definition) is 1. The summed E-state index contributed by atoms with van der Waals surface area (Å²) in [5.41, 5.74) is 5.71. The molecular formula is C11H18N2O4S2. The molecule has 0 atom stereocenters. The number of nitrogens with two attached hydrogens (primary N) is 1. The monoisotopic (exact) mass is 306 g/mol. The Morgan fingerprint density at radius 2 is 1.63 bits per heavy atom. The van der Waals surface area contributed by atoms with E-state index in [1.54, 1.807) is 13.8 Å². The number of nitrogens with zero attached hydrogens (tertiary/aromatic N) is 1. The Morgan fingerprint density at radius 3 is 2.05 bits per heavy atom. The normalized spacial score (nSPS) is 12.8. The molecule has 0 aliphatic rings. The molecule has 0 aliphatic heterocycles. The number of hydrogen-bond acceptors (Lipinski definition) is 5. The van der Waals surface area contributed by atoms with Crippen molar-refractivity contribution >= 4 is 25.5 Å². The molecule has 108 valence electrons. The summed E-state index contributed by atoms with van der Waals surface area (Å²) >= 11 is 0. The van der Waals surface area contributed by atoms with Crippen molar-refractivity contribution in [3.63, 3.8) is 0 Å². The zero-order chi connectivity index (χ0) is 14.8. The molecule has 0 amide bonds. The molecule has 0 aliphatic carbocycles. The predicted molar refractivity (Wildman–Crippen MR) is 74.1 cm³/mol. The van der Waals surface area contributed by atoms with Gasteiger partial charge in [-0.3, -0.25) is 0 Å². The highest BCUT2D eigenvalue weighted by Crippen LogP contribution is 2.25. The van der Waals surface area contributed by atoms with Gasteiger partial charge in [-0.05, 0) is 18.2 Å². The zero-order valence-corrected chi connectivity index (χ0v) is 12.8. The van der Waals surface area contributed by atoms with Gasteiger partial charge in [0.1, 0.15) is 4.90 Å². The molecule has 8 heteroatoms. The summed E-state index contributed by atoms with van der Waals surface area (Å²) in [7, 11) is -7.25. The quantitative estimate of drug-likeness (QED) is 0.808. The maximum absolute atomic E-state index is 12.3. The van der Waals surface area contributed by atoms with Gasteiger partial charge in [0.15, 0.2) is 9.84 Å². The van der Waals surface area contributed by atoms with Gasteiger partial charge in [0, 0.05) is 19.3 Å². The topological polar surface area (TPSA) is 97.5 Å². The minimum Gasteiger partial charge on any atom is -0.398 e. The molecule has 0 saturated heterocycles. The summed E-state index contributed by atoms with van der Waals surface area (Å²) in [5, 5.41) is 0. The van der Waals surface area contributed by atoms with Crippen molar-refractivity contribution in [1.29, 1.82) is 0 Å². The molecule has 19 heavy (non-hydrogen) atoms. The zero-order valence-electron chi connectivity index (χ0n) is 11.1. The molecule has 2 N–H and O–H groups in total. The third kappa shape index (κ3) is 3.26. The van der Waals surface area contributed by atoms with E-state index in [1.165, 1.54) is 16.4 Å². The summed E-state index contributed by atoms with van der Waals surface area (Å²) in [4.78, 5) is -0.230. The van der Waals surface area contributed by atoms with E-state index in [1.807, 2.05) is 0 Å². The average molecular weight is 306 g/mol. The van der Waals surface area contributed by atoms with Crippen LogP contribution in [0.15, 0.2) is 28.0 Å². The second-order valence-electron chi connectivity index (χ2n) is 4.06. The number of anilines is 1. The molecule has 0 fully saturated rings. The van der Waals surface area contributed by atoms with Crippen molar-refractivity contribution in [3.8, 4) is 0 Å². The summed E-state index contributed by atoms with van der Waals surface area (Å²) < 4.78 is 48.9. The van der Waals surface area contributed by atoms with Crippen LogP contribution in [-0.2, 0) is 19.9 Å². The Morgan fingerprint density at radius 1 is 1.11 bits per heavy atom. The smallest absolute Gasteiger partial charge is 0.245 e. The Hall–Kier alpha value is -1.12. The lowest BCUT2D eigenvalue weighted by Gasteiger charge is -2.19. The molecule has 0 aromatic heterocycles. The van der Waals surface area contributed by atoms with E-state index in [4.69, 9.17) is 5.73 Å². The molecule has 0 radical (unpaired) electrons. The Labute approximate surface area is 114 Å². The van der Waals surface area contributed by atoms with Crippen molar-refractivity contribution in [2.24, 2.45) is 0 Å². The summed E-state index contributed by atoms with van der Waals surface area (Å²) in [6, 6.07) is 3.71. The van der Waals surface area contributed by atoms with Gasteiger partial charge >= 0.3 is 0 Å². The molecule has 1 aromatic carbocycles. The minimum atomic E-state index is -3.77. The number of nitrogen functional groups attached to an aromatic ring is 1. The Balaban J connectivity index is 3.51. The van der Waals surface area contributed by atoms with Crippen molar-refractivity contribution in [1.82, 2.24) is 4.31 Å². The number of sulfonamides is 1. The van der Waals surface area contributed by atoms with Crippen LogP contribution in [0, 0.1) is 0 Å². The van der Waals surface area contributed by atoms with Crippen LogP contribution in [0.3, 0.4) is 0 Å². The standard InChI is InChI=1S/C11H18N2O4S2/c1-4-13(5-2)19(16,17)11-8-9(18(3,14)15)6-7-10(11)12/h6-8H,4-5,12H2,1-3H3. The van der Waals surface area contributed by atoms with Gasteiger partial charge in [-0.25, -0.2) is 16.8 Å². The fraction of sp³-hybridized carbons (Fsp3) is 0.455. The fourth-order valence-electron chi connectivity index (χ4n) is 1.67. The highest BCUT2D eigenvalue weighted by molar-refractivity contribution is 7.91. The van der Waals surface area contributed by atoms with E-state index in [0.29, 0.717) is 13.1 Å². The van der Waals surface area contributed by atoms with Gasteiger partial charge in [0.2, 0.25) is 10.0 Å². The molecule has 1 aromatic rings. The van der Waals surface area contributed by atoms with Crippen LogP contribution in [0.25, 0.3) is 0 Å². The largest absolute Gasteiger partial charge is 0.398 e. The molecule has 0 saturated carbocycles. The van der Waals surface area contributed by atoms with Crippen LogP contribution in [0.1, 0.15) is 13.8 Å². The molecule has 6 nitrogen and oxygen atoms in total. The Bertz CT molecular complexity index is 662. The maximum atomic E-state index is 12.3. The first-order valence-electron chi connectivity index (χ1n) is 5.74. The lowest BCUT2D eigenvalue weighted by atomic mass is 10.3. The van der Waals surface area contributed by atoms with Crippen molar-refractivity contribution in [2.45, 2.75) is 23.6 Å². The van der Waals surface area contributed by atoms with E-state index < -0.39 is 19.9 Å². The van der Waals surface area contributed by atoms with Gasteiger partial charge in [-0.15, -0.1) is 0 Å². The minimum absolute atomic E-state index is 0.0410. The summed E-state index contributed by atoms with van der Waals surface area (Å²) in [6.07, 6.45) is 1.02. The number of sulfone groups is 1. The molecule has 0 unspecified atom stereocenters. The van der Waals surface area contributed by atoms with Crippen LogP contribution in [0.5, 0.6) is 0 Å². The third-order valence-electron chi connectivity index (χ3n) is 2.74. The predicted octanol–water partition coefficient (Wildman–Crippen LogP) is 0.703. The van der Waals surface area contributed by atoms with E-state index in [2.05, 4.69) is 0 Å². The first-order valence-corrected chi connectivity index (χ1v) is 9.07. The van der Waals surface area contributed by atoms with Crippen molar-refractivity contribution < 1.29 is 16.8 Å². The van der Waals surface area contributed by atoms with Gasteiger partial charge in [0.25, 0.3) is 0 Å². The van der Waals surface area contributed by atoms with Gasteiger partial charge < -0.3 is 5.73 Å². The van der Waals surface area contributed by atoms with E-state index in [0.717, 1.165) is 12.3 Å². The van der Waals surface area contributed by atoms with Crippen molar-refractivity contribution in [2.75, 3.05) is 25.1 Å². The van der Waals surface area contributed by atoms with Crippen LogP contribution in [-0.4, -0.2) is 40.5 Å². The highest BCUT2D eigenvalue weighted by Gasteiger charge is 2.25. The van der Waals surface area contributed by atoms with Crippen LogP contribution in [0.4, 0.5) is 5.69 Å². The van der Waals surface area contributed by atoms with E-state index in [-0.39, 0.29) is 15.5 Å². The second kappa shape index (κ2) is 5.48. The molecule has 0 bridgehead atoms. The van der Waals surface area contributed by atoms with Crippen LogP contribution < -0.4 is 5.73 Å². The number of benzene rings is 1. The second-order valence-corrected chi connectivity index (χ2v) is 7.98. The molecule has 1 rings (SSSR count). The van der Waals surface area contributed by atoms with Crippen LogP contribution >= 0.6 is 0 Å². The number of rotatable bonds is 5. The average Bonchev–Trinajstić information content (AvgIpc) is 2.28. The highest BCUT2D eigenvalue weighted by atomic mass is 32.2. The fourth-order valence-corrected chi connectivity index (χ4v) is 3.99. The first-order chi connectivity index (χ1) is 8.64. The van der Waals surface area contributed by atoms with E-state index >= 15 is 0 Å². The Kier molecular flexibility index (Phi) is 4.59. The third-order valence-corrected chi connectivity index (χ3v) is 5.95. The summed E-state index contributed by atoms with van der Waals surface area (Å²) in [6.45, 7) is 4.00. The van der Waals surface area contributed by atoms with Gasteiger partial charge in [-0.1, -0.05) is 13.8 Å². The summed E-state index contributed by atoms with van der Waals surface area (Å²) in [5.74, 6) is 0. The molecule has 0 spiro atoms. The van der Waals surface area contributed by atoms with E-state index in [9.17, 15) is 16.8 Å².